The van der Waals surface area contributed by atoms with E-state index in [-0.39, 0.29) is 6.61 Å². The predicted octanol–water partition coefficient (Wildman–Crippen LogP) is 1.13. The van der Waals surface area contributed by atoms with E-state index in [9.17, 15) is 15.3 Å². The highest BCUT2D eigenvalue weighted by molar-refractivity contribution is 5.18. The summed E-state index contributed by atoms with van der Waals surface area (Å²) in [5.74, 6) is 0. The predicted molar refractivity (Wildman–Crippen MR) is 89.9 cm³/mol. The number of benzene rings is 2. The van der Waals surface area contributed by atoms with Crippen LogP contribution in [-0.2, 0) is 17.8 Å². The molecule has 2 aromatic rings. The Balaban J connectivity index is 1.86. The largest absolute Gasteiger partial charge is 0.394 e. The molecule has 5 nitrogen and oxygen atoms in total. The zero-order valence-corrected chi connectivity index (χ0v) is 13.4. The molecule has 3 unspecified atom stereocenters. The fourth-order valence-corrected chi connectivity index (χ4v) is 3.23. The molecule has 4 atom stereocenters. The van der Waals surface area contributed by atoms with Crippen LogP contribution in [0.25, 0.3) is 0 Å². The van der Waals surface area contributed by atoms with E-state index >= 15 is 0 Å². The van der Waals surface area contributed by atoms with Crippen LogP contribution in [0.15, 0.2) is 60.7 Å². The number of hydrogen-bond acceptors (Lipinski definition) is 5. The summed E-state index contributed by atoms with van der Waals surface area (Å²) in [7, 11) is 0. The van der Waals surface area contributed by atoms with Gasteiger partial charge in [-0.05, 0) is 11.1 Å². The van der Waals surface area contributed by atoms with Gasteiger partial charge in [0.15, 0.2) is 6.29 Å². The highest BCUT2D eigenvalue weighted by Crippen LogP contribution is 2.27. The molecule has 0 aromatic heterocycles. The van der Waals surface area contributed by atoms with Gasteiger partial charge in [0.1, 0.15) is 12.2 Å². The molecule has 2 aromatic carbocycles. The van der Waals surface area contributed by atoms with Crippen molar-refractivity contribution < 1.29 is 20.1 Å². The lowest BCUT2D eigenvalue weighted by molar-refractivity contribution is -0.132. The molecular formula is C19H23NO4. The van der Waals surface area contributed by atoms with Crippen LogP contribution >= 0.6 is 0 Å². The molecule has 3 N–H and O–H groups in total. The SMILES string of the molecule is OCC1O[C@H](O)C(O)C1N(Cc1ccccc1)Cc1ccccc1. The second-order valence-corrected chi connectivity index (χ2v) is 6.11. The summed E-state index contributed by atoms with van der Waals surface area (Å²) in [4.78, 5) is 2.05. The van der Waals surface area contributed by atoms with Crippen molar-refractivity contribution in [3.63, 3.8) is 0 Å². The van der Waals surface area contributed by atoms with Crippen molar-refractivity contribution in [2.24, 2.45) is 0 Å². The molecular weight excluding hydrogens is 306 g/mol. The van der Waals surface area contributed by atoms with E-state index in [0.717, 1.165) is 11.1 Å². The van der Waals surface area contributed by atoms with Crippen molar-refractivity contribution in [1.29, 1.82) is 0 Å². The number of aliphatic hydroxyl groups is 3. The van der Waals surface area contributed by atoms with Gasteiger partial charge in [0.25, 0.3) is 0 Å². The van der Waals surface area contributed by atoms with Crippen LogP contribution in [0.5, 0.6) is 0 Å². The summed E-state index contributed by atoms with van der Waals surface area (Å²) in [6, 6.07) is 19.4. The van der Waals surface area contributed by atoms with Crippen molar-refractivity contribution in [2.45, 2.75) is 37.6 Å². The Bertz CT molecular complexity index is 580. The molecule has 0 spiro atoms. The summed E-state index contributed by atoms with van der Waals surface area (Å²) in [6.45, 7) is 0.924. The zero-order chi connectivity index (χ0) is 16.9. The molecule has 0 amide bonds. The van der Waals surface area contributed by atoms with E-state index in [1.807, 2.05) is 65.6 Å². The van der Waals surface area contributed by atoms with Gasteiger partial charge in [0.2, 0.25) is 0 Å². The first-order valence-electron chi connectivity index (χ1n) is 8.13. The Kier molecular flexibility index (Phi) is 5.60. The molecule has 1 aliphatic rings. The monoisotopic (exact) mass is 329 g/mol. The van der Waals surface area contributed by atoms with Gasteiger partial charge < -0.3 is 20.1 Å². The van der Waals surface area contributed by atoms with Crippen LogP contribution in [0.3, 0.4) is 0 Å². The Hall–Kier alpha value is -1.76. The van der Waals surface area contributed by atoms with Gasteiger partial charge in [0.05, 0.1) is 12.6 Å². The fourth-order valence-electron chi connectivity index (χ4n) is 3.23. The summed E-state index contributed by atoms with van der Waals surface area (Å²) in [6.07, 6.45) is -2.96. The van der Waals surface area contributed by atoms with Gasteiger partial charge in [-0.25, -0.2) is 0 Å². The Morgan fingerprint density at radius 2 is 1.33 bits per heavy atom. The van der Waals surface area contributed by atoms with E-state index in [0.29, 0.717) is 13.1 Å². The van der Waals surface area contributed by atoms with Crippen LogP contribution in [-0.4, -0.2) is 51.4 Å². The highest BCUT2D eigenvalue weighted by atomic mass is 16.6. The molecule has 3 rings (SSSR count). The maximum atomic E-state index is 10.4. The van der Waals surface area contributed by atoms with Crippen LogP contribution in [0.1, 0.15) is 11.1 Å². The molecule has 1 fully saturated rings. The molecule has 1 heterocycles. The Morgan fingerprint density at radius 1 is 0.833 bits per heavy atom. The topological polar surface area (TPSA) is 73.2 Å². The van der Waals surface area contributed by atoms with Crippen molar-refractivity contribution in [1.82, 2.24) is 4.90 Å². The molecule has 1 saturated heterocycles. The van der Waals surface area contributed by atoms with Crippen LogP contribution < -0.4 is 0 Å². The van der Waals surface area contributed by atoms with Gasteiger partial charge >= 0.3 is 0 Å². The summed E-state index contributed by atoms with van der Waals surface area (Å²) in [5, 5.41) is 29.8. The molecule has 0 aliphatic carbocycles. The zero-order valence-electron chi connectivity index (χ0n) is 13.4. The van der Waals surface area contributed by atoms with E-state index in [1.54, 1.807) is 0 Å². The summed E-state index contributed by atoms with van der Waals surface area (Å²) in [5.41, 5.74) is 2.19. The number of ether oxygens (including phenoxy) is 1. The average molecular weight is 329 g/mol. The average Bonchev–Trinajstić information content (AvgIpc) is 2.90. The van der Waals surface area contributed by atoms with Gasteiger partial charge in [-0.15, -0.1) is 0 Å². The minimum absolute atomic E-state index is 0.251. The summed E-state index contributed by atoms with van der Waals surface area (Å²) >= 11 is 0. The third-order valence-electron chi connectivity index (χ3n) is 4.40. The van der Waals surface area contributed by atoms with Crippen molar-refractivity contribution in [3.05, 3.63) is 71.8 Å². The lowest BCUT2D eigenvalue weighted by atomic mass is 10.0. The maximum Gasteiger partial charge on any atom is 0.182 e. The second-order valence-electron chi connectivity index (χ2n) is 6.11. The first-order valence-corrected chi connectivity index (χ1v) is 8.13. The number of rotatable bonds is 6. The smallest absolute Gasteiger partial charge is 0.182 e. The summed E-state index contributed by atoms with van der Waals surface area (Å²) < 4.78 is 5.31. The third-order valence-corrected chi connectivity index (χ3v) is 4.40. The van der Waals surface area contributed by atoms with E-state index in [1.165, 1.54) is 0 Å². The van der Waals surface area contributed by atoms with E-state index < -0.39 is 24.5 Å². The Labute approximate surface area is 141 Å². The molecule has 5 heteroatoms. The maximum absolute atomic E-state index is 10.4. The highest BCUT2D eigenvalue weighted by Gasteiger charge is 2.45. The van der Waals surface area contributed by atoms with Crippen molar-refractivity contribution in [2.75, 3.05) is 6.61 Å². The number of aliphatic hydroxyl groups excluding tert-OH is 3. The van der Waals surface area contributed by atoms with E-state index in [4.69, 9.17) is 4.74 Å². The van der Waals surface area contributed by atoms with Gasteiger partial charge in [-0.3, -0.25) is 4.90 Å². The van der Waals surface area contributed by atoms with Crippen LogP contribution in [0.4, 0.5) is 0 Å². The van der Waals surface area contributed by atoms with Crippen LogP contribution in [0, 0.1) is 0 Å². The van der Waals surface area contributed by atoms with Gasteiger partial charge in [-0.1, -0.05) is 60.7 Å². The standard InChI is InChI=1S/C19H23NO4/c21-13-16-17(18(22)19(23)24-16)20(11-14-7-3-1-4-8-14)12-15-9-5-2-6-10-15/h1-10,16-19,21-23H,11-13H2/t16?,17?,18?,19-/m0/s1. The quantitative estimate of drug-likeness (QED) is 0.741. The fraction of sp³-hybridized carbons (Fsp3) is 0.368. The third kappa shape index (κ3) is 3.83. The molecule has 0 saturated carbocycles. The minimum atomic E-state index is -1.28. The van der Waals surface area contributed by atoms with Gasteiger partial charge in [0, 0.05) is 13.1 Å². The number of nitrogens with zero attached hydrogens (tertiary/aromatic N) is 1. The van der Waals surface area contributed by atoms with Gasteiger partial charge in [-0.2, -0.15) is 0 Å². The molecule has 0 bridgehead atoms. The van der Waals surface area contributed by atoms with Crippen molar-refractivity contribution >= 4 is 0 Å². The lowest BCUT2D eigenvalue weighted by Gasteiger charge is -2.33. The molecule has 0 radical (unpaired) electrons. The first-order chi connectivity index (χ1) is 11.7. The van der Waals surface area contributed by atoms with Crippen molar-refractivity contribution in [3.8, 4) is 0 Å². The molecule has 24 heavy (non-hydrogen) atoms. The Morgan fingerprint density at radius 3 is 1.79 bits per heavy atom. The van der Waals surface area contributed by atoms with E-state index in [2.05, 4.69) is 0 Å². The second kappa shape index (κ2) is 7.88. The number of hydrogen-bond donors (Lipinski definition) is 3. The molecule has 1 aliphatic heterocycles. The normalized spacial score (nSPS) is 26.8. The lowest BCUT2D eigenvalue weighted by Crippen LogP contribution is -2.48. The van der Waals surface area contributed by atoms with Crippen LogP contribution in [0.2, 0.25) is 0 Å². The first kappa shape index (κ1) is 17.1. The molecule has 128 valence electrons. The minimum Gasteiger partial charge on any atom is -0.394 e.